The summed E-state index contributed by atoms with van der Waals surface area (Å²) in [5.74, 6) is -1.12. The molecule has 0 aliphatic carbocycles. The van der Waals surface area contributed by atoms with Crippen LogP contribution in [0.4, 0.5) is 4.79 Å². The Kier molecular flexibility index (Phi) is 5.36. The van der Waals surface area contributed by atoms with Gasteiger partial charge >= 0.3 is 12.0 Å². The van der Waals surface area contributed by atoms with E-state index in [0.29, 0.717) is 19.5 Å². The standard InChI is InChI=1S/C11H20N2O5/c1-7(15)8-2-4-13(6-8)11(18)12-9(3-5-14)10(16)17/h7-9,14-15H,2-6H2,1H3,(H,12,18)(H,16,17)/t7?,8?,9-/m0/s1. The van der Waals surface area contributed by atoms with Gasteiger partial charge in [0.05, 0.1) is 6.10 Å². The lowest BCUT2D eigenvalue weighted by Crippen LogP contribution is -2.47. The number of hydrogen-bond acceptors (Lipinski definition) is 4. The molecule has 0 aromatic carbocycles. The van der Waals surface area contributed by atoms with E-state index < -0.39 is 24.1 Å². The molecular formula is C11H20N2O5. The molecule has 4 N–H and O–H groups in total. The fraction of sp³-hybridized carbons (Fsp3) is 0.818. The molecule has 1 fully saturated rings. The molecule has 0 aromatic rings. The number of likely N-dealkylation sites (tertiary alicyclic amines) is 1. The monoisotopic (exact) mass is 260 g/mol. The second-order valence-electron chi connectivity index (χ2n) is 4.59. The van der Waals surface area contributed by atoms with Crippen molar-refractivity contribution in [1.82, 2.24) is 10.2 Å². The quantitative estimate of drug-likeness (QED) is 0.519. The lowest BCUT2D eigenvalue weighted by Gasteiger charge is -2.21. The number of carbonyl (C=O) groups excluding carboxylic acids is 1. The molecule has 2 amide bonds. The molecule has 0 saturated carbocycles. The third kappa shape index (κ3) is 3.85. The average molecular weight is 260 g/mol. The summed E-state index contributed by atoms with van der Waals surface area (Å²) in [5.41, 5.74) is 0. The van der Waals surface area contributed by atoms with Crippen LogP contribution in [0.3, 0.4) is 0 Å². The highest BCUT2D eigenvalue weighted by molar-refractivity contribution is 5.82. The Morgan fingerprint density at radius 1 is 1.50 bits per heavy atom. The van der Waals surface area contributed by atoms with Crippen LogP contribution >= 0.6 is 0 Å². The van der Waals surface area contributed by atoms with Gasteiger partial charge in [-0.1, -0.05) is 0 Å². The molecule has 1 heterocycles. The number of aliphatic hydroxyl groups is 2. The van der Waals surface area contributed by atoms with Gasteiger partial charge in [0.1, 0.15) is 6.04 Å². The van der Waals surface area contributed by atoms with Crippen LogP contribution < -0.4 is 5.32 Å². The van der Waals surface area contributed by atoms with E-state index in [1.807, 2.05) is 0 Å². The zero-order chi connectivity index (χ0) is 13.7. The van der Waals surface area contributed by atoms with Crippen LogP contribution in [0.5, 0.6) is 0 Å². The first-order chi connectivity index (χ1) is 8.45. The molecule has 0 bridgehead atoms. The minimum absolute atomic E-state index is 0.0191. The van der Waals surface area contributed by atoms with Crippen molar-refractivity contribution in [3.05, 3.63) is 0 Å². The van der Waals surface area contributed by atoms with Crippen molar-refractivity contribution in [1.29, 1.82) is 0 Å². The van der Waals surface area contributed by atoms with Gasteiger partial charge in [0, 0.05) is 32.0 Å². The van der Waals surface area contributed by atoms with Crippen molar-refractivity contribution < 1.29 is 24.9 Å². The van der Waals surface area contributed by atoms with Gasteiger partial charge in [0.15, 0.2) is 0 Å². The molecule has 1 saturated heterocycles. The van der Waals surface area contributed by atoms with E-state index >= 15 is 0 Å². The third-order valence-electron chi connectivity index (χ3n) is 3.21. The van der Waals surface area contributed by atoms with E-state index in [2.05, 4.69) is 5.32 Å². The largest absolute Gasteiger partial charge is 0.480 e. The highest BCUT2D eigenvalue weighted by Crippen LogP contribution is 2.19. The van der Waals surface area contributed by atoms with Crippen LogP contribution in [0.25, 0.3) is 0 Å². The number of urea groups is 1. The Hall–Kier alpha value is -1.34. The molecule has 104 valence electrons. The number of rotatable bonds is 5. The Morgan fingerprint density at radius 3 is 2.61 bits per heavy atom. The molecule has 1 aliphatic rings. The van der Waals surface area contributed by atoms with Crippen molar-refractivity contribution in [3.63, 3.8) is 0 Å². The summed E-state index contributed by atoms with van der Waals surface area (Å²) in [6.07, 6.45) is 0.216. The fourth-order valence-corrected chi connectivity index (χ4v) is 1.99. The third-order valence-corrected chi connectivity index (χ3v) is 3.21. The van der Waals surface area contributed by atoms with Crippen LogP contribution in [0.15, 0.2) is 0 Å². The number of aliphatic carboxylic acids is 1. The van der Waals surface area contributed by atoms with Crippen molar-refractivity contribution in [2.75, 3.05) is 19.7 Å². The maximum absolute atomic E-state index is 11.8. The minimum Gasteiger partial charge on any atom is -0.480 e. The number of carboxylic acids is 1. The second-order valence-corrected chi connectivity index (χ2v) is 4.59. The molecule has 1 aliphatic heterocycles. The summed E-state index contributed by atoms with van der Waals surface area (Å²) in [5, 5.41) is 29.4. The summed E-state index contributed by atoms with van der Waals surface area (Å²) in [6.45, 7) is 2.31. The van der Waals surface area contributed by atoms with Crippen molar-refractivity contribution in [3.8, 4) is 0 Å². The zero-order valence-corrected chi connectivity index (χ0v) is 10.4. The van der Waals surface area contributed by atoms with Crippen molar-refractivity contribution in [2.45, 2.75) is 31.9 Å². The van der Waals surface area contributed by atoms with Gasteiger partial charge in [-0.2, -0.15) is 0 Å². The summed E-state index contributed by atoms with van der Waals surface area (Å²) >= 11 is 0. The van der Waals surface area contributed by atoms with Crippen LogP contribution in [0, 0.1) is 5.92 Å². The molecule has 18 heavy (non-hydrogen) atoms. The Morgan fingerprint density at radius 2 is 2.17 bits per heavy atom. The number of hydrogen-bond donors (Lipinski definition) is 4. The normalized spacial score (nSPS) is 22.6. The maximum atomic E-state index is 11.8. The van der Waals surface area contributed by atoms with Crippen LogP contribution in [0.1, 0.15) is 19.8 Å². The molecule has 1 rings (SSSR count). The summed E-state index contributed by atoms with van der Waals surface area (Å²) in [6, 6.07) is -1.54. The van der Waals surface area contributed by atoms with E-state index in [0.717, 1.165) is 0 Å². The fourth-order valence-electron chi connectivity index (χ4n) is 1.99. The maximum Gasteiger partial charge on any atom is 0.326 e. The average Bonchev–Trinajstić information content (AvgIpc) is 2.77. The molecule has 0 radical (unpaired) electrons. The summed E-state index contributed by atoms with van der Waals surface area (Å²) in [4.78, 5) is 24.1. The van der Waals surface area contributed by atoms with E-state index in [1.54, 1.807) is 6.92 Å². The van der Waals surface area contributed by atoms with Crippen molar-refractivity contribution in [2.24, 2.45) is 5.92 Å². The number of carbonyl (C=O) groups is 2. The summed E-state index contributed by atoms with van der Waals surface area (Å²) < 4.78 is 0. The van der Waals surface area contributed by atoms with Gasteiger partial charge in [-0.05, 0) is 13.3 Å². The van der Waals surface area contributed by atoms with E-state index in [1.165, 1.54) is 4.90 Å². The SMILES string of the molecule is CC(O)C1CCN(C(=O)N[C@@H](CCO)C(=O)O)C1. The molecule has 0 spiro atoms. The van der Waals surface area contributed by atoms with Crippen molar-refractivity contribution >= 4 is 12.0 Å². The Labute approximate surface area is 105 Å². The lowest BCUT2D eigenvalue weighted by molar-refractivity contribution is -0.139. The zero-order valence-electron chi connectivity index (χ0n) is 10.4. The van der Waals surface area contributed by atoms with Gasteiger partial charge in [0.2, 0.25) is 0 Å². The predicted molar refractivity (Wildman–Crippen MR) is 63.0 cm³/mol. The number of nitrogens with zero attached hydrogens (tertiary/aromatic N) is 1. The number of aliphatic hydroxyl groups excluding tert-OH is 2. The van der Waals surface area contributed by atoms with Gasteiger partial charge in [-0.15, -0.1) is 0 Å². The first-order valence-electron chi connectivity index (χ1n) is 6.03. The lowest BCUT2D eigenvalue weighted by atomic mass is 10.0. The van der Waals surface area contributed by atoms with Gasteiger partial charge in [-0.3, -0.25) is 0 Å². The minimum atomic E-state index is -1.16. The molecule has 7 heteroatoms. The first kappa shape index (κ1) is 14.7. The van der Waals surface area contributed by atoms with Crippen LogP contribution in [0.2, 0.25) is 0 Å². The van der Waals surface area contributed by atoms with Gasteiger partial charge in [-0.25, -0.2) is 9.59 Å². The number of amides is 2. The Bertz CT molecular complexity index is 308. The van der Waals surface area contributed by atoms with E-state index in [-0.39, 0.29) is 18.9 Å². The van der Waals surface area contributed by atoms with Crippen LogP contribution in [-0.2, 0) is 4.79 Å². The topological polar surface area (TPSA) is 110 Å². The molecular weight excluding hydrogens is 240 g/mol. The van der Waals surface area contributed by atoms with Gasteiger partial charge in [0.25, 0.3) is 0 Å². The highest BCUT2D eigenvalue weighted by Gasteiger charge is 2.30. The van der Waals surface area contributed by atoms with Gasteiger partial charge < -0.3 is 25.5 Å². The smallest absolute Gasteiger partial charge is 0.326 e. The predicted octanol–water partition coefficient (Wildman–Crippen LogP) is -0.766. The van der Waals surface area contributed by atoms with Crippen LogP contribution in [-0.4, -0.2) is 64.1 Å². The molecule has 7 nitrogen and oxygen atoms in total. The van der Waals surface area contributed by atoms with E-state index in [4.69, 9.17) is 10.2 Å². The molecule has 2 unspecified atom stereocenters. The molecule has 3 atom stereocenters. The first-order valence-corrected chi connectivity index (χ1v) is 6.03. The highest BCUT2D eigenvalue weighted by atomic mass is 16.4. The second kappa shape index (κ2) is 6.55. The number of carboxylic acid groups (broad SMARTS) is 1. The molecule has 0 aromatic heterocycles. The Balaban J connectivity index is 2.48. The number of nitrogens with one attached hydrogen (secondary N) is 1. The van der Waals surface area contributed by atoms with E-state index in [9.17, 15) is 14.7 Å². The summed E-state index contributed by atoms with van der Waals surface area (Å²) in [7, 11) is 0.